The van der Waals surface area contributed by atoms with E-state index in [0.29, 0.717) is 31.7 Å². The van der Waals surface area contributed by atoms with Gasteiger partial charge in [-0.25, -0.2) is 18.8 Å². The number of hydrogen-bond donors (Lipinski definition) is 2. The second-order valence-corrected chi connectivity index (χ2v) is 6.58. The minimum absolute atomic E-state index is 0.0608. The Hall–Kier alpha value is -3.26. The van der Waals surface area contributed by atoms with Crippen LogP contribution in [0.2, 0.25) is 0 Å². The van der Waals surface area contributed by atoms with Gasteiger partial charge in [-0.1, -0.05) is 24.0 Å². The van der Waals surface area contributed by atoms with E-state index in [1.54, 1.807) is 0 Å². The first-order chi connectivity index (χ1) is 14.1. The number of nitrogens with zero attached hydrogens (tertiary/aromatic N) is 2. The highest BCUT2D eigenvalue weighted by molar-refractivity contribution is 5.76. The van der Waals surface area contributed by atoms with Crippen LogP contribution in [-0.4, -0.2) is 44.4 Å². The van der Waals surface area contributed by atoms with Gasteiger partial charge in [0.15, 0.2) is 11.6 Å². The van der Waals surface area contributed by atoms with Crippen LogP contribution in [0.15, 0.2) is 28.2 Å². The van der Waals surface area contributed by atoms with E-state index < -0.39 is 17.7 Å². The molecule has 1 saturated carbocycles. The van der Waals surface area contributed by atoms with Crippen LogP contribution >= 0.6 is 0 Å². The first-order valence-corrected chi connectivity index (χ1v) is 9.36. The molecule has 1 aliphatic carbocycles. The van der Waals surface area contributed by atoms with Gasteiger partial charge in [0, 0.05) is 5.56 Å². The second-order valence-electron chi connectivity index (χ2n) is 6.58. The SMILES string of the molecule is C#CC(NC1=NCCO1)C1CC1.C#CC(NC1=NCCO1)c1cccc(F)c1F. The van der Waals surface area contributed by atoms with E-state index in [1.165, 1.54) is 25.0 Å². The molecule has 29 heavy (non-hydrogen) atoms. The molecule has 2 aliphatic heterocycles. The lowest BCUT2D eigenvalue weighted by Gasteiger charge is -2.14. The molecule has 6 nitrogen and oxygen atoms in total. The Kier molecular flexibility index (Phi) is 6.91. The molecule has 1 aromatic carbocycles. The molecule has 3 aliphatic rings. The van der Waals surface area contributed by atoms with Gasteiger partial charge in [0.05, 0.1) is 19.1 Å². The third-order valence-electron chi connectivity index (χ3n) is 4.45. The predicted octanol–water partition coefficient (Wildman–Crippen LogP) is 1.99. The van der Waals surface area contributed by atoms with Crippen molar-refractivity contribution in [3.63, 3.8) is 0 Å². The smallest absolute Gasteiger partial charge is 0.286 e. The van der Waals surface area contributed by atoms with Crippen molar-refractivity contribution >= 4 is 12.0 Å². The average Bonchev–Trinajstić information content (AvgIpc) is 3.21. The summed E-state index contributed by atoms with van der Waals surface area (Å²) < 4.78 is 36.9. The van der Waals surface area contributed by atoms with Crippen molar-refractivity contribution in [2.75, 3.05) is 26.3 Å². The summed E-state index contributed by atoms with van der Waals surface area (Å²) in [6.07, 6.45) is 13.1. The van der Waals surface area contributed by atoms with E-state index in [1.807, 2.05) is 0 Å². The molecule has 0 bridgehead atoms. The molecule has 2 unspecified atom stereocenters. The third-order valence-corrected chi connectivity index (χ3v) is 4.45. The number of rotatable bonds is 4. The molecule has 152 valence electrons. The standard InChI is InChI=1S/C12H10F2N2O.C9H12N2O/c1-2-10(16-12-15-6-7-17-12)8-4-3-5-9(13)11(8)14;1-2-8(7-3-4-7)11-9-10-5-6-12-9/h1,3-5,10H,6-7H2,(H,15,16);1,7-8H,3-6H2,(H,10,11). The lowest BCUT2D eigenvalue weighted by molar-refractivity contribution is 0.327. The second kappa shape index (κ2) is 9.79. The lowest BCUT2D eigenvalue weighted by Crippen LogP contribution is -2.35. The first kappa shape index (κ1) is 20.5. The van der Waals surface area contributed by atoms with Crippen LogP contribution in [0, 0.1) is 42.2 Å². The molecular weight excluding hydrogens is 378 g/mol. The number of nitrogens with one attached hydrogen (secondary N) is 2. The van der Waals surface area contributed by atoms with Crippen molar-refractivity contribution in [3.05, 3.63) is 35.4 Å². The minimum Gasteiger partial charge on any atom is -0.463 e. The first-order valence-electron chi connectivity index (χ1n) is 9.36. The van der Waals surface area contributed by atoms with Crippen LogP contribution in [0.25, 0.3) is 0 Å². The Balaban J connectivity index is 0.000000176. The molecule has 2 heterocycles. The Bertz CT molecular complexity index is 868. The molecule has 2 atom stereocenters. The fourth-order valence-electron chi connectivity index (χ4n) is 2.78. The summed E-state index contributed by atoms with van der Waals surface area (Å²) >= 11 is 0. The van der Waals surface area contributed by atoms with Crippen LogP contribution in [0.4, 0.5) is 8.78 Å². The van der Waals surface area contributed by atoms with Gasteiger partial charge in [0.25, 0.3) is 12.0 Å². The summed E-state index contributed by atoms with van der Waals surface area (Å²) in [6, 6.07) is 4.07. The minimum atomic E-state index is -0.957. The highest BCUT2D eigenvalue weighted by Gasteiger charge is 2.31. The quantitative estimate of drug-likeness (QED) is 0.759. The number of ether oxygens (including phenoxy) is 2. The molecular formula is C21H22F2N4O2. The van der Waals surface area contributed by atoms with Gasteiger partial charge < -0.3 is 20.1 Å². The maximum Gasteiger partial charge on any atom is 0.286 e. The summed E-state index contributed by atoms with van der Waals surface area (Å²) in [7, 11) is 0. The van der Waals surface area contributed by atoms with E-state index in [2.05, 4.69) is 32.5 Å². The molecule has 4 rings (SSSR count). The van der Waals surface area contributed by atoms with Crippen molar-refractivity contribution in [2.24, 2.45) is 15.9 Å². The maximum atomic E-state index is 13.5. The Labute approximate surface area is 168 Å². The zero-order chi connectivity index (χ0) is 20.6. The van der Waals surface area contributed by atoms with Gasteiger partial charge in [-0.3, -0.25) is 0 Å². The van der Waals surface area contributed by atoms with Crippen LogP contribution < -0.4 is 10.6 Å². The highest BCUT2D eigenvalue weighted by atomic mass is 19.2. The summed E-state index contributed by atoms with van der Waals surface area (Å²) in [4.78, 5) is 8.09. The molecule has 8 heteroatoms. The van der Waals surface area contributed by atoms with E-state index >= 15 is 0 Å². The van der Waals surface area contributed by atoms with Gasteiger partial charge in [-0.2, -0.15) is 0 Å². The monoisotopic (exact) mass is 400 g/mol. The lowest BCUT2D eigenvalue weighted by atomic mass is 10.1. The Morgan fingerprint density at radius 2 is 1.66 bits per heavy atom. The molecule has 0 spiro atoms. The number of hydrogen-bond acceptors (Lipinski definition) is 6. The largest absolute Gasteiger partial charge is 0.463 e. The number of amidine groups is 2. The summed E-state index contributed by atoms with van der Waals surface area (Å²) in [5.41, 5.74) is 0.0608. The number of aliphatic imine (C=N–C) groups is 2. The van der Waals surface area contributed by atoms with E-state index in [4.69, 9.17) is 22.3 Å². The summed E-state index contributed by atoms with van der Waals surface area (Å²) in [6.45, 7) is 2.44. The van der Waals surface area contributed by atoms with Gasteiger partial charge in [0.1, 0.15) is 19.3 Å². The number of terminal acetylenes is 2. The van der Waals surface area contributed by atoms with Crippen LogP contribution in [0.1, 0.15) is 24.4 Å². The van der Waals surface area contributed by atoms with Crippen LogP contribution in [0.5, 0.6) is 0 Å². The fraction of sp³-hybridized carbons (Fsp3) is 0.429. The van der Waals surface area contributed by atoms with E-state index in [-0.39, 0.29) is 17.6 Å². The van der Waals surface area contributed by atoms with Crippen molar-refractivity contribution in [3.8, 4) is 24.7 Å². The number of benzene rings is 1. The summed E-state index contributed by atoms with van der Waals surface area (Å²) in [5, 5.41) is 5.85. The molecule has 0 aromatic heterocycles. The molecule has 1 aromatic rings. The van der Waals surface area contributed by atoms with Gasteiger partial charge in [-0.05, 0) is 24.8 Å². The normalized spacial score (nSPS) is 19.0. The van der Waals surface area contributed by atoms with Crippen molar-refractivity contribution in [2.45, 2.75) is 24.9 Å². The molecule has 0 saturated heterocycles. The topological polar surface area (TPSA) is 67.2 Å². The molecule has 0 amide bonds. The summed E-state index contributed by atoms with van der Waals surface area (Å²) in [5.74, 6) is 3.81. The Morgan fingerprint density at radius 3 is 2.17 bits per heavy atom. The van der Waals surface area contributed by atoms with E-state index in [9.17, 15) is 8.78 Å². The van der Waals surface area contributed by atoms with Gasteiger partial charge >= 0.3 is 0 Å². The van der Waals surface area contributed by atoms with Crippen molar-refractivity contribution in [1.29, 1.82) is 0 Å². The number of halogens is 2. The zero-order valence-electron chi connectivity index (χ0n) is 15.8. The van der Waals surface area contributed by atoms with Gasteiger partial charge in [-0.15, -0.1) is 12.8 Å². The fourth-order valence-corrected chi connectivity index (χ4v) is 2.78. The van der Waals surface area contributed by atoms with Crippen molar-refractivity contribution < 1.29 is 18.3 Å². The Morgan fingerprint density at radius 1 is 1.00 bits per heavy atom. The molecule has 0 radical (unpaired) electrons. The molecule has 1 fully saturated rings. The maximum absolute atomic E-state index is 13.5. The van der Waals surface area contributed by atoms with E-state index in [0.717, 1.165) is 12.6 Å². The average molecular weight is 400 g/mol. The van der Waals surface area contributed by atoms with Crippen LogP contribution in [0.3, 0.4) is 0 Å². The third kappa shape index (κ3) is 5.61. The molecule has 2 N–H and O–H groups in total. The highest BCUT2D eigenvalue weighted by Crippen LogP contribution is 2.32. The van der Waals surface area contributed by atoms with Gasteiger partial charge in [0.2, 0.25) is 0 Å². The predicted molar refractivity (Wildman–Crippen MR) is 106 cm³/mol. The zero-order valence-corrected chi connectivity index (χ0v) is 15.8. The van der Waals surface area contributed by atoms with Crippen molar-refractivity contribution in [1.82, 2.24) is 10.6 Å². The van der Waals surface area contributed by atoms with Crippen LogP contribution in [-0.2, 0) is 9.47 Å².